The Morgan fingerprint density at radius 3 is 2.60 bits per heavy atom. The second-order valence-electron chi connectivity index (χ2n) is 8.27. The van der Waals surface area contributed by atoms with Crippen molar-refractivity contribution in [2.24, 2.45) is 5.92 Å². The second-order valence-corrected chi connectivity index (χ2v) is 8.27. The molecule has 1 aliphatic rings. The standard InChI is InChI=1S/C24H27N5O/c1-16(2)14-29-15-17(13-25)21-12-20(9-10-23(21)29)27-18-5-7-19(8-6-18)28-24(30)22-4-3-11-26-22/h5-10,12,15-16,22,26-27H,3-4,11,14H2,1-2H3,(H,28,30)/t22-/m0/s1. The van der Waals surface area contributed by atoms with Crippen LogP contribution in [0.15, 0.2) is 48.7 Å². The normalized spacial score (nSPS) is 16.0. The predicted molar refractivity (Wildman–Crippen MR) is 121 cm³/mol. The zero-order valence-corrected chi connectivity index (χ0v) is 17.4. The van der Waals surface area contributed by atoms with Gasteiger partial charge in [-0.15, -0.1) is 0 Å². The van der Waals surface area contributed by atoms with Crippen LogP contribution in [0.25, 0.3) is 10.9 Å². The largest absolute Gasteiger partial charge is 0.356 e. The van der Waals surface area contributed by atoms with Crippen LogP contribution < -0.4 is 16.0 Å². The van der Waals surface area contributed by atoms with Crippen molar-refractivity contribution in [2.75, 3.05) is 17.2 Å². The van der Waals surface area contributed by atoms with Crippen LogP contribution >= 0.6 is 0 Å². The molecule has 0 saturated carbocycles. The van der Waals surface area contributed by atoms with Crippen molar-refractivity contribution in [1.82, 2.24) is 9.88 Å². The van der Waals surface area contributed by atoms with Crippen LogP contribution in [0, 0.1) is 17.2 Å². The van der Waals surface area contributed by atoms with E-state index in [2.05, 4.69) is 46.5 Å². The van der Waals surface area contributed by atoms with E-state index in [0.29, 0.717) is 11.5 Å². The summed E-state index contributed by atoms with van der Waals surface area (Å²) in [6.45, 7) is 6.13. The van der Waals surface area contributed by atoms with E-state index in [4.69, 9.17) is 0 Å². The summed E-state index contributed by atoms with van der Waals surface area (Å²) in [4.78, 5) is 12.2. The minimum absolute atomic E-state index is 0.0219. The van der Waals surface area contributed by atoms with Crippen LogP contribution in [0.4, 0.5) is 17.1 Å². The Hall–Kier alpha value is -3.30. The average molecular weight is 402 g/mol. The van der Waals surface area contributed by atoms with Gasteiger partial charge in [0.15, 0.2) is 0 Å². The lowest BCUT2D eigenvalue weighted by atomic mass is 10.1. The van der Waals surface area contributed by atoms with Gasteiger partial charge in [-0.2, -0.15) is 5.26 Å². The molecule has 0 bridgehead atoms. The third-order valence-corrected chi connectivity index (χ3v) is 5.38. The van der Waals surface area contributed by atoms with Gasteiger partial charge in [-0.1, -0.05) is 13.8 Å². The summed E-state index contributed by atoms with van der Waals surface area (Å²) < 4.78 is 2.15. The minimum Gasteiger partial charge on any atom is -0.356 e. The molecule has 2 heterocycles. The van der Waals surface area contributed by atoms with Crippen molar-refractivity contribution in [3.8, 4) is 6.07 Å². The van der Waals surface area contributed by atoms with Crippen molar-refractivity contribution < 1.29 is 4.79 Å². The van der Waals surface area contributed by atoms with E-state index < -0.39 is 0 Å². The van der Waals surface area contributed by atoms with Crippen molar-refractivity contribution in [1.29, 1.82) is 5.26 Å². The first-order chi connectivity index (χ1) is 14.5. The first-order valence-electron chi connectivity index (χ1n) is 10.5. The van der Waals surface area contributed by atoms with Crippen LogP contribution in [0.5, 0.6) is 0 Å². The molecule has 0 aliphatic carbocycles. The fourth-order valence-electron chi connectivity index (χ4n) is 3.95. The number of aromatic nitrogens is 1. The van der Waals surface area contributed by atoms with E-state index in [1.807, 2.05) is 42.6 Å². The van der Waals surface area contributed by atoms with Gasteiger partial charge in [0.25, 0.3) is 0 Å². The molecule has 0 radical (unpaired) electrons. The summed E-state index contributed by atoms with van der Waals surface area (Å²) in [5.74, 6) is 0.530. The molecule has 1 amide bonds. The number of nitrogens with one attached hydrogen (secondary N) is 3. The van der Waals surface area contributed by atoms with Gasteiger partial charge >= 0.3 is 0 Å². The molecule has 0 unspecified atom stereocenters. The maximum atomic E-state index is 12.2. The van der Waals surface area contributed by atoms with Crippen LogP contribution in [0.3, 0.4) is 0 Å². The number of hydrogen-bond donors (Lipinski definition) is 3. The molecule has 1 fully saturated rings. The van der Waals surface area contributed by atoms with Gasteiger partial charge in [0.1, 0.15) is 6.07 Å². The number of anilines is 3. The Balaban J connectivity index is 1.48. The topological polar surface area (TPSA) is 81.9 Å². The molecule has 1 saturated heterocycles. The van der Waals surface area contributed by atoms with Crippen LogP contribution in [0.2, 0.25) is 0 Å². The Morgan fingerprint density at radius 1 is 1.20 bits per heavy atom. The predicted octanol–water partition coefficient (Wildman–Crippen LogP) is 4.60. The zero-order chi connectivity index (χ0) is 21.1. The molecule has 6 nitrogen and oxygen atoms in total. The van der Waals surface area contributed by atoms with E-state index in [1.165, 1.54) is 0 Å². The lowest BCUT2D eigenvalue weighted by Crippen LogP contribution is -2.35. The molecule has 1 aromatic heterocycles. The second kappa shape index (κ2) is 8.60. The zero-order valence-electron chi connectivity index (χ0n) is 17.4. The number of carbonyl (C=O) groups excluding carboxylic acids is 1. The monoisotopic (exact) mass is 401 g/mol. The van der Waals surface area contributed by atoms with Gasteiger partial charge in [0, 0.05) is 40.7 Å². The molecular formula is C24H27N5O. The fraction of sp³-hybridized carbons (Fsp3) is 0.333. The number of amides is 1. The Morgan fingerprint density at radius 2 is 1.93 bits per heavy atom. The Labute approximate surface area is 176 Å². The first kappa shape index (κ1) is 20.0. The Kier molecular flexibility index (Phi) is 5.73. The number of rotatable bonds is 6. The highest BCUT2D eigenvalue weighted by Crippen LogP contribution is 2.27. The highest BCUT2D eigenvalue weighted by Gasteiger charge is 2.21. The number of carbonyl (C=O) groups is 1. The smallest absolute Gasteiger partial charge is 0.241 e. The van der Waals surface area contributed by atoms with Crippen molar-refractivity contribution >= 4 is 33.9 Å². The SMILES string of the molecule is CC(C)Cn1cc(C#N)c2cc(Nc3ccc(NC(=O)[C@@H]4CCCN4)cc3)ccc21. The molecule has 1 atom stereocenters. The van der Waals surface area contributed by atoms with Crippen LogP contribution in [-0.4, -0.2) is 23.1 Å². The van der Waals surface area contributed by atoms with Crippen molar-refractivity contribution in [3.05, 3.63) is 54.2 Å². The maximum absolute atomic E-state index is 12.2. The lowest BCUT2D eigenvalue weighted by molar-refractivity contribution is -0.117. The van der Waals surface area contributed by atoms with E-state index >= 15 is 0 Å². The van der Waals surface area contributed by atoms with E-state index in [1.54, 1.807) is 0 Å². The van der Waals surface area contributed by atoms with Gasteiger partial charge in [-0.3, -0.25) is 4.79 Å². The molecule has 30 heavy (non-hydrogen) atoms. The quantitative estimate of drug-likeness (QED) is 0.564. The molecule has 4 rings (SSSR count). The molecule has 3 aromatic rings. The van der Waals surface area contributed by atoms with Gasteiger partial charge in [-0.25, -0.2) is 0 Å². The molecule has 3 N–H and O–H groups in total. The summed E-state index contributed by atoms with van der Waals surface area (Å²) in [6.07, 6.45) is 3.86. The highest BCUT2D eigenvalue weighted by atomic mass is 16.2. The molecule has 6 heteroatoms. The maximum Gasteiger partial charge on any atom is 0.241 e. The van der Waals surface area contributed by atoms with E-state index in [9.17, 15) is 10.1 Å². The van der Waals surface area contributed by atoms with Gasteiger partial charge in [-0.05, 0) is 67.8 Å². The van der Waals surface area contributed by atoms with Gasteiger partial charge in [0.05, 0.1) is 11.6 Å². The van der Waals surface area contributed by atoms with Gasteiger partial charge < -0.3 is 20.5 Å². The van der Waals surface area contributed by atoms with Gasteiger partial charge in [0.2, 0.25) is 5.91 Å². The number of nitrogens with zero attached hydrogens (tertiary/aromatic N) is 2. The first-order valence-corrected chi connectivity index (χ1v) is 10.5. The summed E-state index contributed by atoms with van der Waals surface area (Å²) in [5.41, 5.74) is 4.39. The lowest BCUT2D eigenvalue weighted by Gasteiger charge is -2.12. The fourth-order valence-corrected chi connectivity index (χ4v) is 3.95. The average Bonchev–Trinajstić information content (AvgIpc) is 3.38. The van der Waals surface area contributed by atoms with Crippen molar-refractivity contribution in [3.63, 3.8) is 0 Å². The third-order valence-electron chi connectivity index (χ3n) is 5.38. The summed E-state index contributed by atoms with van der Waals surface area (Å²) in [6, 6.07) is 16.0. The van der Waals surface area contributed by atoms with E-state index in [0.717, 1.165) is 53.9 Å². The third kappa shape index (κ3) is 4.32. The number of hydrogen-bond acceptors (Lipinski definition) is 4. The van der Waals surface area contributed by atoms with Crippen molar-refractivity contribution in [2.45, 2.75) is 39.3 Å². The molecule has 0 spiro atoms. The minimum atomic E-state index is -0.0909. The van der Waals surface area contributed by atoms with Crippen LogP contribution in [-0.2, 0) is 11.3 Å². The van der Waals surface area contributed by atoms with E-state index in [-0.39, 0.29) is 11.9 Å². The summed E-state index contributed by atoms with van der Waals surface area (Å²) in [5, 5.41) is 20.0. The number of nitriles is 1. The molecule has 154 valence electrons. The highest BCUT2D eigenvalue weighted by molar-refractivity contribution is 5.95. The number of fused-ring (bicyclic) bond motifs is 1. The molecular weight excluding hydrogens is 374 g/mol. The van der Waals surface area contributed by atoms with Crippen LogP contribution in [0.1, 0.15) is 32.3 Å². The molecule has 2 aromatic carbocycles. The number of benzene rings is 2. The Bertz CT molecular complexity index is 1090. The summed E-state index contributed by atoms with van der Waals surface area (Å²) >= 11 is 0. The molecule has 1 aliphatic heterocycles. The summed E-state index contributed by atoms with van der Waals surface area (Å²) in [7, 11) is 0.